The van der Waals surface area contributed by atoms with Crippen LogP contribution >= 0.6 is 11.6 Å². The quantitative estimate of drug-likeness (QED) is 0.251. The Labute approximate surface area is 197 Å². The first kappa shape index (κ1) is 22.4. The first-order valence-corrected chi connectivity index (χ1v) is 11.0. The van der Waals surface area contributed by atoms with Crippen molar-refractivity contribution in [1.82, 2.24) is 5.43 Å². The summed E-state index contributed by atoms with van der Waals surface area (Å²) in [6, 6.07) is 26.7. The first-order valence-electron chi connectivity index (χ1n) is 10.6. The number of benzene rings is 4. The van der Waals surface area contributed by atoms with Gasteiger partial charge in [0, 0.05) is 5.56 Å². The maximum atomic E-state index is 12.1. The Balaban J connectivity index is 1.51. The van der Waals surface area contributed by atoms with Crippen LogP contribution in [-0.2, 0) is 6.61 Å². The number of fused-ring (bicyclic) bond motifs is 1. The third kappa shape index (κ3) is 5.51. The van der Waals surface area contributed by atoms with E-state index in [-0.39, 0.29) is 5.91 Å². The normalized spacial score (nSPS) is 11.0. The van der Waals surface area contributed by atoms with E-state index < -0.39 is 0 Å². The highest BCUT2D eigenvalue weighted by Gasteiger charge is 2.13. The SMILES string of the molecule is CCOc1cc(C=NNC(=O)c2ccccc2)cc(Cl)c1OCc1cccc2ccccc12. The standard InChI is InChI=1S/C27H23ClN2O3/c1-2-32-25-16-19(17-29-30-27(31)21-10-4-3-5-11-21)15-24(28)26(25)33-18-22-13-8-12-20-9-6-7-14-23(20)22/h3-17H,2,18H2,1H3,(H,30,31). The molecular formula is C27H23ClN2O3. The smallest absolute Gasteiger partial charge is 0.271 e. The molecule has 0 bridgehead atoms. The fraction of sp³-hybridized carbons (Fsp3) is 0.111. The first-order chi connectivity index (χ1) is 16.2. The molecule has 4 rings (SSSR count). The van der Waals surface area contributed by atoms with Gasteiger partial charge in [0.1, 0.15) is 6.61 Å². The highest BCUT2D eigenvalue weighted by Crippen LogP contribution is 2.37. The maximum Gasteiger partial charge on any atom is 0.271 e. The molecule has 0 aromatic heterocycles. The number of hydrazone groups is 1. The third-order valence-electron chi connectivity index (χ3n) is 5.00. The zero-order valence-corrected chi connectivity index (χ0v) is 18.9. The molecule has 0 saturated heterocycles. The molecule has 0 aliphatic heterocycles. The topological polar surface area (TPSA) is 59.9 Å². The van der Waals surface area contributed by atoms with Gasteiger partial charge in [-0.3, -0.25) is 4.79 Å². The van der Waals surface area contributed by atoms with Gasteiger partial charge in [-0.2, -0.15) is 5.10 Å². The van der Waals surface area contributed by atoms with Crippen LogP contribution in [0.1, 0.15) is 28.4 Å². The molecule has 33 heavy (non-hydrogen) atoms. The molecule has 0 radical (unpaired) electrons. The van der Waals surface area contributed by atoms with Crippen molar-refractivity contribution in [2.45, 2.75) is 13.5 Å². The summed E-state index contributed by atoms with van der Waals surface area (Å²) < 4.78 is 11.9. The lowest BCUT2D eigenvalue weighted by molar-refractivity contribution is 0.0955. The van der Waals surface area contributed by atoms with E-state index >= 15 is 0 Å². The molecule has 0 aliphatic rings. The second-order valence-corrected chi connectivity index (χ2v) is 7.66. The number of carbonyl (C=O) groups is 1. The fourth-order valence-electron chi connectivity index (χ4n) is 3.45. The van der Waals surface area contributed by atoms with Gasteiger partial charge in [0.2, 0.25) is 0 Å². The van der Waals surface area contributed by atoms with Crippen LogP contribution in [0.5, 0.6) is 11.5 Å². The van der Waals surface area contributed by atoms with Gasteiger partial charge in [0.05, 0.1) is 17.8 Å². The Morgan fingerprint density at radius 2 is 1.73 bits per heavy atom. The second kappa shape index (κ2) is 10.7. The predicted molar refractivity (Wildman–Crippen MR) is 132 cm³/mol. The molecule has 4 aromatic rings. The number of rotatable bonds is 8. The van der Waals surface area contributed by atoms with Crippen molar-refractivity contribution in [2.24, 2.45) is 5.10 Å². The van der Waals surface area contributed by atoms with E-state index in [1.807, 2.05) is 37.3 Å². The highest BCUT2D eigenvalue weighted by atomic mass is 35.5. The minimum atomic E-state index is -0.294. The lowest BCUT2D eigenvalue weighted by atomic mass is 10.1. The van der Waals surface area contributed by atoms with E-state index in [2.05, 4.69) is 28.7 Å². The Hall–Kier alpha value is -3.83. The number of halogens is 1. The van der Waals surface area contributed by atoms with E-state index in [1.165, 1.54) is 6.21 Å². The van der Waals surface area contributed by atoms with Gasteiger partial charge in [-0.05, 0) is 53.1 Å². The van der Waals surface area contributed by atoms with Crippen molar-refractivity contribution < 1.29 is 14.3 Å². The van der Waals surface area contributed by atoms with Gasteiger partial charge in [0.25, 0.3) is 5.91 Å². The van der Waals surface area contributed by atoms with Crippen molar-refractivity contribution in [2.75, 3.05) is 6.61 Å². The Morgan fingerprint density at radius 1 is 0.970 bits per heavy atom. The Bertz CT molecular complexity index is 1280. The van der Waals surface area contributed by atoms with Crippen LogP contribution in [0.2, 0.25) is 5.02 Å². The van der Waals surface area contributed by atoms with Crippen molar-refractivity contribution >= 4 is 34.5 Å². The minimum absolute atomic E-state index is 0.294. The van der Waals surface area contributed by atoms with Gasteiger partial charge in [-0.1, -0.05) is 72.3 Å². The summed E-state index contributed by atoms with van der Waals surface area (Å²) in [5.41, 5.74) is 4.77. The van der Waals surface area contributed by atoms with E-state index in [9.17, 15) is 4.79 Å². The van der Waals surface area contributed by atoms with Gasteiger partial charge in [0.15, 0.2) is 11.5 Å². The third-order valence-corrected chi connectivity index (χ3v) is 5.28. The summed E-state index contributed by atoms with van der Waals surface area (Å²) in [4.78, 5) is 12.1. The van der Waals surface area contributed by atoms with E-state index in [4.69, 9.17) is 21.1 Å². The summed E-state index contributed by atoms with van der Waals surface area (Å²) in [6.45, 7) is 2.69. The molecule has 1 N–H and O–H groups in total. The summed E-state index contributed by atoms with van der Waals surface area (Å²) in [5, 5.41) is 6.72. The van der Waals surface area contributed by atoms with Gasteiger partial charge in [-0.25, -0.2) is 5.43 Å². The van der Waals surface area contributed by atoms with Crippen molar-refractivity contribution in [3.05, 3.63) is 107 Å². The van der Waals surface area contributed by atoms with Gasteiger partial charge in [-0.15, -0.1) is 0 Å². The summed E-state index contributed by atoms with van der Waals surface area (Å²) in [6.07, 6.45) is 1.52. The summed E-state index contributed by atoms with van der Waals surface area (Å²) in [5.74, 6) is 0.691. The Morgan fingerprint density at radius 3 is 2.55 bits per heavy atom. The van der Waals surface area contributed by atoms with Gasteiger partial charge < -0.3 is 9.47 Å². The van der Waals surface area contributed by atoms with E-state index in [0.29, 0.717) is 40.9 Å². The van der Waals surface area contributed by atoms with Gasteiger partial charge >= 0.3 is 0 Å². The number of hydrogen-bond acceptors (Lipinski definition) is 4. The lowest BCUT2D eigenvalue weighted by Crippen LogP contribution is -2.17. The van der Waals surface area contributed by atoms with Crippen LogP contribution in [0, 0.1) is 0 Å². The van der Waals surface area contributed by atoms with Crippen LogP contribution in [0.3, 0.4) is 0 Å². The molecule has 0 saturated carbocycles. The molecular weight excluding hydrogens is 436 g/mol. The summed E-state index contributed by atoms with van der Waals surface area (Å²) in [7, 11) is 0. The van der Waals surface area contributed by atoms with Crippen LogP contribution in [0.15, 0.2) is 90.0 Å². The molecule has 0 aliphatic carbocycles. The number of amides is 1. The molecule has 0 fully saturated rings. The zero-order valence-electron chi connectivity index (χ0n) is 18.1. The molecule has 0 atom stereocenters. The summed E-state index contributed by atoms with van der Waals surface area (Å²) >= 11 is 6.54. The maximum absolute atomic E-state index is 12.1. The molecule has 4 aromatic carbocycles. The van der Waals surface area contributed by atoms with Crippen molar-refractivity contribution in [3.63, 3.8) is 0 Å². The van der Waals surface area contributed by atoms with E-state index in [1.54, 1.807) is 36.4 Å². The number of carbonyl (C=O) groups excluding carboxylic acids is 1. The second-order valence-electron chi connectivity index (χ2n) is 7.26. The molecule has 6 heteroatoms. The molecule has 5 nitrogen and oxygen atoms in total. The number of nitrogens with zero attached hydrogens (tertiary/aromatic N) is 1. The number of ether oxygens (including phenoxy) is 2. The number of hydrogen-bond donors (Lipinski definition) is 1. The monoisotopic (exact) mass is 458 g/mol. The molecule has 1 amide bonds. The molecule has 0 spiro atoms. The van der Waals surface area contributed by atoms with Crippen LogP contribution < -0.4 is 14.9 Å². The van der Waals surface area contributed by atoms with Crippen LogP contribution in [0.25, 0.3) is 10.8 Å². The Kier molecular flexibility index (Phi) is 7.22. The fourth-order valence-corrected chi connectivity index (χ4v) is 3.73. The van der Waals surface area contributed by atoms with Crippen LogP contribution in [0.4, 0.5) is 0 Å². The largest absolute Gasteiger partial charge is 0.490 e. The minimum Gasteiger partial charge on any atom is -0.490 e. The zero-order chi connectivity index (χ0) is 23.0. The highest BCUT2D eigenvalue weighted by molar-refractivity contribution is 6.32. The predicted octanol–water partition coefficient (Wildman–Crippen LogP) is 6.23. The molecule has 166 valence electrons. The van der Waals surface area contributed by atoms with Crippen molar-refractivity contribution in [1.29, 1.82) is 0 Å². The number of nitrogens with one attached hydrogen (secondary N) is 1. The van der Waals surface area contributed by atoms with Crippen molar-refractivity contribution in [3.8, 4) is 11.5 Å². The molecule has 0 unspecified atom stereocenters. The lowest BCUT2D eigenvalue weighted by Gasteiger charge is -2.15. The van der Waals surface area contributed by atoms with Crippen LogP contribution in [-0.4, -0.2) is 18.7 Å². The average molecular weight is 459 g/mol. The van der Waals surface area contributed by atoms with E-state index in [0.717, 1.165) is 16.3 Å². The molecule has 0 heterocycles. The average Bonchev–Trinajstić information content (AvgIpc) is 2.84.